The minimum absolute atomic E-state index is 0.0523. The number of carbonyl (C=O) groups excluding carboxylic acids is 1. The average Bonchev–Trinajstić information content (AvgIpc) is 2.58. The van der Waals surface area contributed by atoms with Crippen molar-refractivity contribution in [3.05, 3.63) is 47.7 Å². The molecule has 0 bridgehead atoms. The van der Waals surface area contributed by atoms with Gasteiger partial charge in [0.15, 0.2) is 5.82 Å². The number of urea groups is 1. The summed E-state index contributed by atoms with van der Waals surface area (Å²) < 4.78 is 0. The second-order valence-corrected chi connectivity index (χ2v) is 5.80. The maximum Gasteiger partial charge on any atom is 0.321 e. The summed E-state index contributed by atoms with van der Waals surface area (Å²) in [6.45, 7) is 6.82. The van der Waals surface area contributed by atoms with Crippen molar-refractivity contribution in [2.75, 3.05) is 36.4 Å². The summed E-state index contributed by atoms with van der Waals surface area (Å²) >= 11 is 0. The van der Waals surface area contributed by atoms with E-state index in [4.69, 9.17) is 0 Å². The summed E-state index contributed by atoms with van der Waals surface area (Å²) in [5.41, 5.74) is 2.91. The molecule has 2 amide bonds. The number of benzene rings is 1. The van der Waals surface area contributed by atoms with Crippen LogP contribution in [0.2, 0.25) is 0 Å². The lowest BCUT2D eigenvalue weighted by Gasteiger charge is -2.35. The van der Waals surface area contributed by atoms with Gasteiger partial charge < -0.3 is 15.1 Å². The van der Waals surface area contributed by atoms with Gasteiger partial charge in [0, 0.05) is 31.9 Å². The van der Waals surface area contributed by atoms with Gasteiger partial charge >= 0.3 is 6.03 Å². The zero-order valence-electron chi connectivity index (χ0n) is 13.5. The summed E-state index contributed by atoms with van der Waals surface area (Å²) in [6.07, 6.45) is 0. The highest BCUT2D eigenvalue weighted by Gasteiger charge is 2.22. The SMILES string of the molecule is Cc1ccc(NC(=O)N2CCN(c3ccc(C)nn3)CC2)cc1. The Hall–Kier alpha value is -2.63. The highest BCUT2D eigenvalue weighted by molar-refractivity contribution is 5.89. The summed E-state index contributed by atoms with van der Waals surface area (Å²) in [4.78, 5) is 16.3. The van der Waals surface area contributed by atoms with Crippen LogP contribution in [0.5, 0.6) is 0 Å². The first-order chi connectivity index (χ1) is 11.1. The molecule has 0 unspecified atom stereocenters. The molecular weight excluding hydrogens is 290 g/mol. The monoisotopic (exact) mass is 311 g/mol. The lowest BCUT2D eigenvalue weighted by atomic mass is 10.2. The van der Waals surface area contributed by atoms with Crippen molar-refractivity contribution >= 4 is 17.5 Å². The van der Waals surface area contributed by atoms with Crippen molar-refractivity contribution in [1.29, 1.82) is 0 Å². The standard InChI is InChI=1S/C17H21N5O/c1-13-3-6-15(7-4-13)18-17(23)22-11-9-21(10-12-22)16-8-5-14(2)19-20-16/h3-8H,9-12H2,1-2H3,(H,18,23). The van der Waals surface area contributed by atoms with E-state index in [9.17, 15) is 4.79 Å². The lowest BCUT2D eigenvalue weighted by Crippen LogP contribution is -2.50. The van der Waals surface area contributed by atoms with Crippen molar-refractivity contribution in [3.63, 3.8) is 0 Å². The van der Waals surface area contributed by atoms with Gasteiger partial charge in [-0.05, 0) is 38.1 Å². The third kappa shape index (κ3) is 3.77. The first-order valence-corrected chi connectivity index (χ1v) is 7.80. The Morgan fingerprint density at radius 1 is 0.957 bits per heavy atom. The summed E-state index contributed by atoms with van der Waals surface area (Å²) in [5.74, 6) is 0.870. The fourth-order valence-corrected chi connectivity index (χ4v) is 2.54. The minimum Gasteiger partial charge on any atom is -0.352 e. The first kappa shape index (κ1) is 15.3. The summed E-state index contributed by atoms with van der Waals surface area (Å²) in [7, 11) is 0. The highest BCUT2D eigenvalue weighted by atomic mass is 16.2. The van der Waals surface area contributed by atoms with E-state index in [0.717, 1.165) is 30.3 Å². The molecule has 3 rings (SSSR count). The quantitative estimate of drug-likeness (QED) is 0.925. The molecule has 2 aromatic rings. The Morgan fingerprint density at radius 2 is 1.65 bits per heavy atom. The van der Waals surface area contributed by atoms with Crippen LogP contribution in [0.25, 0.3) is 0 Å². The molecule has 1 N–H and O–H groups in total. The van der Waals surface area contributed by atoms with Gasteiger partial charge in [-0.15, -0.1) is 5.10 Å². The van der Waals surface area contributed by atoms with Crippen LogP contribution in [-0.2, 0) is 0 Å². The van der Waals surface area contributed by atoms with Gasteiger partial charge in [0.2, 0.25) is 0 Å². The van der Waals surface area contributed by atoms with Gasteiger partial charge in [-0.3, -0.25) is 0 Å². The number of aryl methyl sites for hydroxylation is 2. The number of hydrogen-bond acceptors (Lipinski definition) is 4. The van der Waals surface area contributed by atoms with Crippen molar-refractivity contribution in [1.82, 2.24) is 15.1 Å². The lowest BCUT2D eigenvalue weighted by molar-refractivity contribution is 0.208. The number of piperazine rings is 1. The molecule has 0 aliphatic carbocycles. The van der Waals surface area contributed by atoms with Gasteiger partial charge in [0.05, 0.1) is 5.69 Å². The Morgan fingerprint density at radius 3 is 2.26 bits per heavy atom. The van der Waals surface area contributed by atoms with E-state index in [1.54, 1.807) is 0 Å². The molecular formula is C17H21N5O. The fourth-order valence-electron chi connectivity index (χ4n) is 2.54. The number of hydrogen-bond donors (Lipinski definition) is 1. The van der Waals surface area contributed by atoms with E-state index in [2.05, 4.69) is 20.4 Å². The van der Waals surface area contributed by atoms with Crippen LogP contribution in [0, 0.1) is 13.8 Å². The maximum atomic E-state index is 12.3. The normalized spacial score (nSPS) is 14.7. The predicted molar refractivity (Wildman–Crippen MR) is 90.8 cm³/mol. The van der Waals surface area contributed by atoms with Gasteiger partial charge in [-0.25, -0.2) is 4.79 Å². The van der Waals surface area contributed by atoms with Crippen LogP contribution in [0.1, 0.15) is 11.3 Å². The van der Waals surface area contributed by atoms with E-state index in [1.165, 1.54) is 5.56 Å². The van der Waals surface area contributed by atoms with Gasteiger partial charge in [0.25, 0.3) is 0 Å². The Kier molecular flexibility index (Phi) is 4.41. The Bertz CT molecular complexity index is 660. The molecule has 2 heterocycles. The van der Waals surface area contributed by atoms with Crippen molar-refractivity contribution in [3.8, 4) is 0 Å². The number of nitrogens with zero attached hydrogens (tertiary/aromatic N) is 4. The molecule has 1 saturated heterocycles. The van der Waals surface area contributed by atoms with Crippen LogP contribution in [0.15, 0.2) is 36.4 Å². The first-order valence-electron chi connectivity index (χ1n) is 7.80. The number of aromatic nitrogens is 2. The largest absolute Gasteiger partial charge is 0.352 e. The highest BCUT2D eigenvalue weighted by Crippen LogP contribution is 2.14. The number of anilines is 2. The second-order valence-electron chi connectivity index (χ2n) is 5.80. The van der Waals surface area contributed by atoms with E-state index >= 15 is 0 Å². The molecule has 23 heavy (non-hydrogen) atoms. The second kappa shape index (κ2) is 6.64. The molecule has 1 aromatic carbocycles. The summed E-state index contributed by atoms with van der Waals surface area (Å²) in [6, 6.07) is 11.7. The summed E-state index contributed by atoms with van der Waals surface area (Å²) in [5, 5.41) is 11.2. The molecule has 6 nitrogen and oxygen atoms in total. The molecule has 0 saturated carbocycles. The third-order valence-electron chi connectivity index (χ3n) is 3.98. The molecule has 1 aliphatic rings. The Balaban J connectivity index is 1.54. The van der Waals surface area contributed by atoms with E-state index in [0.29, 0.717) is 13.1 Å². The molecule has 1 fully saturated rings. The number of carbonyl (C=O) groups is 1. The zero-order chi connectivity index (χ0) is 16.2. The van der Waals surface area contributed by atoms with Gasteiger partial charge in [0.1, 0.15) is 0 Å². The van der Waals surface area contributed by atoms with Crippen molar-refractivity contribution in [2.24, 2.45) is 0 Å². The van der Waals surface area contributed by atoms with Crippen LogP contribution in [0.4, 0.5) is 16.3 Å². The van der Waals surface area contributed by atoms with Crippen LogP contribution in [-0.4, -0.2) is 47.3 Å². The predicted octanol–water partition coefficient (Wildman–Crippen LogP) is 2.45. The van der Waals surface area contributed by atoms with Crippen LogP contribution < -0.4 is 10.2 Å². The molecule has 0 spiro atoms. The van der Waals surface area contributed by atoms with E-state index in [-0.39, 0.29) is 6.03 Å². The van der Waals surface area contributed by atoms with Crippen LogP contribution in [0.3, 0.4) is 0 Å². The minimum atomic E-state index is -0.0523. The zero-order valence-corrected chi connectivity index (χ0v) is 13.5. The molecule has 1 aromatic heterocycles. The topological polar surface area (TPSA) is 61.4 Å². The molecule has 120 valence electrons. The smallest absolute Gasteiger partial charge is 0.321 e. The Labute approximate surface area is 136 Å². The number of nitrogens with one attached hydrogen (secondary N) is 1. The van der Waals surface area contributed by atoms with Gasteiger partial charge in [-0.1, -0.05) is 17.7 Å². The molecule has 0 atom stereocenters. The van der Waals surface area contributed by atoms with Crippen molar-refractivity contribution in [2.45, 2.75) is 13.8 Å². The van der Waals surface area contributed by atoms with Gasteiger partial charge in [-0.2, -0.15) is 5.10 Å². The third-order valence-corrected chi connectivity index (χ3v) is 3.98. The van der Waals surface area contributed by atoms with Crippen LogP contribution >= 0.6 is 0 Å². The molecule has 6 heteroatoms. The van der Waals surface area contributed by atoms with E-state index in [1.807, 2.05) is 55.1 Å². The number of rotatable bonds is 2. The molecule has 1 aliphatic heterocycles. The van der Waals surface area contributed by atoms with E-state index < -0.39 is 0 Å². The molecule has 0 radical (unpaired) electrons. The van der Waals surface area contributed by atoms with Crippen molar-refractivity contribution < 1.29 is 4.79 Å². The maximum absolute atomic E-state index is 12.3. The fraction of sp³-hybridized carbons (Fsp3) is 0.353. The number of amides is 2. The average molecular weight is 311 g/mol.